The molecule has 1 unspecified atom stereocenters. The van der Waals surface area contributed by atoms with Crippen LogP contribution in [0.15, 0.2) is 47.0 Å². The molecule has 0 fully saturated rings. The van der Waals surface area contributed by atoms with Crippen molar-refractivity contribution in [2.45, 2.75) is 13.0 Å². The molecular formula is C16H15ClN2O. The molecule has 3 nitrogen and oxygen atoms in total. The van der Waals surface area contributed by atoms with Crippen LogP contribution in [0.5, 0.6) is 0 Å². The molecule has 0 aliphatic carbocycles. The minimum Gasteiger partial charge on any atom is -0.459 e. The number of halogens is 1. The van der Waals surface area contributed by atoms with Crippen LogP contribution in [0.3, 0.4) is 0 Å². The first-order valence-corrected chi connectivity index (χ1v) is 6.84. The largest absolute Gasteiger partial charge is 0.459 e. The van der Waals surface area contributed by atoms with Crippen molar-refractivity contribution in [3.63, 3.8) is 0 Å². The zero-order chi connectivity index (χ0) is 14.1. The predicted octanol–water partition coefficient (Wildman–Crippen LogP) is 4.10. The summed E-state index contributed by atoms with van der Waals surface area (Å²) in [7, 11) is 1.90. The van der Waals surface area contributed by atoms with Gasteiger partial charge in [-0.1, -0.05) is 11.6 Å². The maximum atomic E-state index is 6.01. The van der Waals surface area contributed by atoms with Crippen molar-refractivity contribution < 1.29 is 4.42 Å². The number of rotatable bonds is 3. The first-order valence-electron chi connectivity index (χ1n) is 6.46. The Morgan fingerprint density at radius 1 is 1.20 bits per heavy atom. The third-order valence-corrected chi connectivity index (χ3v) is 3.54. The Balaban J connectivity index is 2.07. The van der Waals surface area contributed by atoms with E-state index in [4.69, 9.17) is 16.0 Å². The SMILES string of the molecule is CNC(c1cc(C)ccn1)c1cc2cc(Cl)ccc2o1. The fourth-order valence-corrected chi connectivity index (χ4v) is 2.51. The minimum atomic E-state index is -0.0684. The van der Waals surface area contributed by atoms with Gasteiger partial charge in [0.2, 0.25) is 0 Å². The van der Waals surface area contributed by atoms with Crippen LogP contribution < -0.4 is 5.32 Å². The van der Waals surface area contributed by atoms with Gasteiger partial charge in [-0.25, -0.2) is 0 Å². The third-order valence-electron chi connectivity index (χ3n) is 3.30. The third kappa shape index (κ3) is 2.42. The second-order valence-corrected chi connectivity index (χ2v) is 5.25. The van der Waals surface area contributed by atoms with E-state index in [0.717, 1.165) is 22.4 Å². The summed E-state index contributed by atoms with van der Waals surface area (Å²) in [5.41, 5.74) is 2.95. The molecule has 0 saturated heterocycles. The van der Waals surface area contributed by atoms with Crippen molar-refractivity contribution in [3.8, 4) is 0 Å². The van der Waals surface area contributed by atoms with Crippen LogP contribution in [0.25, 0.3) is 11.0 Å². The Morgan fingerprint density at radius 2 is 2.05 bits per heavy atom. The maximum absolute atomic E-state index is 6.01. The number of hydrogen-bond acceptors (Lipinski definition) is 3. The van der Waals surface area contributed by atoms with Gasteiger partial charge in [-0.15, -0.1) is 0 Å². The van der Waals surface area contributed by atoms with Gasteiger partial charge in [0.15, 0.2) is 0 Å². The second-order valence-electron chi connectivity index (χ2n) is 4.81. The molecule has 0 spiro atoms. The molecule has 0 amide bonds. The number of pyridine rings is 1. The van der Waals surface area contributed by atoms with E-state index in [-0.39, 0.29) is 6.04 Å². The number of furan rings is 1. The lowest BCUT2D eigenvalue weighted by molar-refractivity contribution is 0.486. The summed E-state index contributed by atoms with van der Waals surface area (Å²) in [4.78, 5) is 4.43. The predicted molar refractivity (Wildman–Crippen MR) is 81.1 cm³/mol. The van der Waals surface area contributed by atoms with Crippen LogP contribution in [0.1, 0.15) is 23.1 Å². The van der Waals surface area contributed by atoms with Gasteiger partial charge in [-0.05, 0) is 55.9 Å². The Labute approximate surface area is 122 Å². The van der Waals surface area contributed by atoms with E-state index < -0.39 is 0 Å². The first kappa shape index (κ1) is 13.2. The highest BCUT2D eigenvalue weighted by molar-refractivity contribution is 6.31. The molecule has 2 aromatic heterocycles. The Hall–Kier alpha value is -1.84. The lowest BCUT2D eigenvalue weighted by Gasteiger charge is -2.13. The van der Waals surface area contributed by atoms with E-state index in [1.165, 1.54) is 5.56 Å². The van der Waals surface area contributed by atoms with E-state index in [1.807, 2.05) is 43.6 Å². The Kier molecular flexibility index (Phi) is 3.47. The van der Waals surface area contributed by atoms with Gasteiger partial charge in [0, 0.05) is 16.6 Å². The monoisotopic (exact) mass is 286 g/mol. The summed E-state index contributed by atoms with van der Waals surface area (Å²) in [6.07, 6.45) is 1.81. The average Bonchev–Trinajstić information content (AvgIpc) is 2.82. The minimum absolute atomic E-state index is 0.0684. The molecule has 102 valence electrons. The number of nitrogens with one attached hydrogen (secondary N) is 1. The van der Waals surface area contributed by atoms with E-state index in [2.05, 4.69) is 23.3 Å². The number of aryl methyl sites for hydroxylation is 1. The highest BCUT2D eigenvalue weighted by Crippen LogP contribution is 2.29. The highest BCUT2D eigenvalue weighted by atomic mass is 35.5. The molecule has 4 heteroatoms. The van der Waals surface area contributed by atoms with Crippen LogP contribution in [-0.4, -0.2) is 12.0 Å². The number of hydrogen-bond donors (Lipinski definition) is 1. The van der Waals surface area contributed by atoms with E-state index >= 15 is 0 Å². The normalized spacial score (nSPS) is 12.8. The lowest BCUT2D eigenvalue weighted by Crippen LogP contribution is -2.18. The molecule has 3 rings (SSSR count). The molecular weight excluding hydrogens is 272 g/mol. The zero-order valence-electron chi connectivity index (χ0n) is 11.4. The molecule has 1 aromatic carbocycles. The lowest BCUT2D eigenvalue weighted by atomic mass is 10.1. The number of nitrogens with zero attached hydrogens (tertiary/aromatic N) is 1. The molecule has 20 heavy (non-hydrogen) atoms. The summed E-state index contributed by atoms with van der Waals surface area (Å²) in [5, 5.41) is 4.96. The van der Waals surface area contributed by atoms with Crippen LogP contribution >= 0.6 is 11.6 Å². The number of aromatic nitrogens is 1. The Bertz CT molecular complexity index is 751. The Morgan fingerprint density at radius 3 is 2.80 bits per heavy atom. The van der Waals surface area contributed by atoms with Crippen molar-refractivity contribution >= 4 is 22.6 Å². The van der Waals surface area contributed by atoms with Crippen LogP contribution in [0.4, 0.5) is 0 Å². The molecule has 0 aliphatic rings. The second kappa shape index (κ2) is 5.27. The average molecular weight is 287 g/mol. The van der Waals surface area contributed by atoms with Gasteiger partial charge in [-0.2, -0.15) is 0 Å². The molecule has 1 atom stereocenters. The van der Waals surface area contributed by atoms with E-state index in [0.29, 0.717) is 5.02 Å². The topological polar surface area (TPSA) is 38.1 Å². The summed E-state index contributed by atoms with van der Waals surface area (Å²) in [5.74, 6) is 0.836. The van der Waals surface area contributed by atoms with Crippen LogP contribution in [-0.2, 0) is 0 Å². The summed E-state index contributed by atoms with van der Waals surface area (Å²) in [6, 6.07) is 11.6. The standard InChI is InChI=1S/C16H15ClN2O/c1-10-5-6-19-13(7-10)16(18-2)15-9-11-8-12(17)3-4-14(11)20-15/h3-9,16,18H,1-2H3. The van der Waals surface area contributed by atoms with Crippen molar-refractivity contribution in [1.29, 1.82) is 0 Å². The van der Waals surface area contributed by atoms with Gasteiger partial charge in [-0.3, -0.25) is 4.98 Å². The summed E-state index contributed by atoms with van der Waals surface area (Å²) >= 11 is 6.01. The smallest absolute Gasteiger partial charge is 0.134 e. The fourth-order valence-electron chi connectivity index (χ4n) is 2.33. The van der Waals surface area contributed by atoms with Crippen molar-refractivity contribution in [3.05, 3.63) is 64.6 Å². The molecule has 0 saturated carbocycles. The summed E-state index contributed by atoms with van der Waals surface area (Å²) < 4.78 is 5.91. The van der Waals surface area contributed by atoms with Crippen LogP contribution in [0, 0.1) is 6.92 Å². The molecule has 0 radical (unpaired) electrons. The van der Waals surface area contributed by atoms with Crippen molar-refractivity contribution in [1.82, 2.24) is 10.3 Å². The summed E-state index contributed by atoms with van der Waals surface area (Å²) in [6.45, 7) is 2.05. The highest BCUT2D eigenvalue weighted by Gasteiger charge is 2.18. The maximum Gasteiger partial charge on any atom is 0.134 e. The molecule has 1 N–H and O–H groups in total. The molecule has 0 bridgehead atoms. The van der Waals surface area contributed by atoms with Gasteiger partial charge >= 0.3 is 0 Å². The number of fused-ring (bicyclic) bond motifs is 1. The quantitative estimate of drug-likeness (QED) is 0.788. The molecule has 2 heterocycles. The zero-order valence-corrected chi connectivity index (χ0v) is 12.1. The van der Waals surface area contributed by atoms with Gasteiger partial charge in [0.05, 0.1) is 5.69 Å². The van der Waals surface area contributed by atoms with Gasteiger partial charge < -0.3 is 9.73 Å². The van der Waals surface area contributed by atoms with Crippen molar-refractivity contribution in [2.24, 2.45) is 0 Å². The molecule has 0 aliphatic heterocycles. The fraction of sp³-hybridized carbons (Fsp3) is 0.188. The van der Waals surface area contributed by atoms with Gasteiger partial charge in [0.25, 0.3) is 0 Å². The number of benzene rings is 1. The molecule has 3 aromatic rings. The van der Waals surface area contributed by atoms with Crippen molar-refractivity contribution in [2.75, 3.05) is 7.05 Å². The van der Waals surface area contributed by atoms with Crippen LogP contribution in [0.2, 0.25) is 5.02 Å². The van der Waals surface area contributed by atoms with E-state index in [1.54, 1.807) is 0 Å². The van der Waals surface area contributed by atoms with Gasteiger partial charge in [0.1, 0.15) is 17.4 Å². The first-order chi connectivity index (χ1) is 9.67. The van der Waals surface area contributed by atoms with E-state index in [9.17, 15) is 0 Å².